The van der Waals surface area contributed by atoms with Crippen LogP contribution in [0.25, 0.3) is 0 Å². The quantitative estimate of drug-likeness (QED) is 0.399. The van der Waals surface area contributed by atoms with Crippen LogP contribution < -0.4 is 10.2 Å². The second-order valence-corrected chi connectivity index (χ2v) is 6.91. The number of amides is 1. The van der Waals surface area contributed by atoms with Crippen LogP contribution in [0.4, 0.5) is 0 Å². The van der Waals surface area contributed by atoms with Crippen LogP contribution in [0.1, 0.15) is 49.3 Å². The highest BCUT2D eigenvalue weighted by atomic mass is 35.5. The number of aryl methyl sites for hydroxylation is 1. The molecule has 5 heteroatoms. The van der Waals surface area contributed by atoms with Crippen molar-refractivity contribution in [2.24, 2.45) is 5.10 Å². The van der Waals surface area contributed by atoms with Gasteiger partial charge in [0.05, 0.1) is 12.8 Å². The van der Waals surface area contributed by atoms with Crippen LogP contribution >= 0.6 is 11.6 Å². The number of hydrazone groups is 1. The van der Waals surface area contributed by atoms with Gasteiger partial charge in [-0.05, 0) is 54.2 Å². The van der Waals surface area contributed by atoms with Crippen molar-refractivity contribution < 1.29 is 9.53 Å². The summed E-state index contributed by atoms with van der Waals surface area (Å²) in [7, 11) is 0. The summed E-state index contributed by atoms with van der Waals surface area (Å²) in [6, 6.07) is 13.6. The molecule has 2 rings (SSSR count). The van der Waals surface area contributed by atoms with Crippen molar-refractivity contribution in [1.29, 1.82) is 0 Å². The van der Waals surface area contributed by atoms with Gasteiger partial charge in [0.15, 0.2) is 0 Å². The maximum atomic E-state index is 11.8. The summed E-state index contributed by atoms with van der Waals surface area (Å²) in [5.74, 6) is 1.16. The van der Waals surface area contributed by atoms with E-state index >= 15 is 0 Å². The third-order valence-corrected chi connectivity index (χ3v) is 4.18. The van der Waals surface area contributed by atoms with Gasteiger partial charge in [-0.15, -0.1) is 0 Å². The molecule has 0 radical (unpaired) electrons. The summed E-state index contributed by atoms with van der Waals surface area (Å²) in [5.41, 5.74) is 5.76. The van der Waals surface area contributed by atoms with E-state index in [1.807, 2.05) is 31.2 Å². The van der Waals surface area contributed by atoms with Gasteiger partial charge in [0.1, 0.15) is 5.75 Å². The van der Waals surface area contributed by atoms with Gasteiger partial charge in [-0.3, -0.25) is 4.79 Å². The summed E-state index contributed by atoms with van der Waals surface area (Å²) in [4.78, 5) is 11.8. The van der Waals surface area contributed by atoms with E-state index in [0.29, 0.717) is 30.4 Å². The van der Waals surface area contributed by atoms with Gasteiger partial charge in [0, 0.05) is 11.4 Å². The number of hydrogen-bond acceptors (Lipinski definition) is 3. The standard InChI is InChI=1S/C21H25ClN2O2/c1-15(2)18-8-6-17(7-9-18)14-23-24-21(25)5-4-12-26-20-11-10-19(22)13-16(20)3/h6-11,13-15H,4-5,12H2,1-3H3,(H,24,25). The molecule has 138 valence electrons. The molecule has 0 aromatic heterocycles. The topological polar surface area (TPSA) is 50.7 Å². The number of ether oxygens (including phenoxy) is 1. The van der Waals surface area contributed by atoms with E-state index in [9.17, 15) is 4.79 Å². The van der Waals surface area contributed by atoms with Crippen molar-refractivity contribution in [3.8, 4) is 5.75 Å². The first-order valence-corrected chi connectivity index (χ1v) is 9.14. The fourth-order valence-electron chi connectivity index (χ4n) is 2.39. The first-order chi connectivity index (χ1) is 12.5. The highest BCUT2D eigenvalue weighted by Crippen LogP contribution is 2.21. The fourth-order valence-corrected chi connectivity index (χ4v) is 2.62. The lowest BCUT2D eigenvalue weighted by atomic mass is 10.0. The summed E-state index contributed by atoms with van der Waals surface area (Å²) >= 11 is 5.91. The van der Waals surface area contributed by atoms with Crippen molar-refractivity contribution >= 4 is 23.7 Å². The SMILES string of the molecule is Cc1cc(Cl)ccc1OCCCC(=O)NN=Cc1ccc(C(C)C)cc1. The van der Waals surface area contributed by atoms with E-state index in [2.05, 4.69) is 36.5 Å². The maximum Gasteiger partial charge on any atom is 0.240 e. The molecule has 0 aliphatic heterocycles. The molecule has 0 saturated heterocycles. The summed E-state index contributed by atoms with van der Waals surface area (Å²) in [6.45, 7) is 6.72. The average molecular weight is 373 g/mol. The lowest BCUT2D eigenvalue weighted by Gasteiger charge is -2.08. The second-order valence-electron chi connectivity index (χ2n) is 6.48. The molecule has 1 N–H and O–H groups in total. The third-order valence-electron chi connectivity index (χ3n) is 3.95. The summed E-state index contributed by atoms with van der Waals surface area (Å²) in [6.07, 6.45) is 2.62. The number of rotatable bonds is 8. The Morgan fingerprint density at radius 1 is 1.23 bits per heavy atom. The van der Waals surface area contributed by atoms with Crippen molar-refractivity contribution in [3.63, 3.8) is 0 Å². The number of nitrogens with one attached hydrogen (secondary N) is 1. The van der Waals surface area contributed by atoms with Crippen LogP contribution in [0.3, 0.4) is 0 Å². The summed E-state index contributed by atoms with van der Waals surface area (Å²) in [5, 5.41) is 4.68. The van der Waals surface area contributed by atoms with Gasteiger partial charge in [-0.25, -0.2) is 5.43 Å². The molecule has 26 heavy (non-hydrogen) atoms. The molecule has 2 aromatic rings. The van der Waals surface area contributed by atoms with Gasteiger partial charge < -0.3 is 4.74 Å². The maximum absolute atomic E-state index is 11.8. The van der Waals surface area contributed by atoms with Crippen LogP contribution in [0.5, 0.6) is 5.75 Å². The molecule has 0 atom stereocenters. The van der Waals surface area contributed by atoms with Crippen molar-refractivity contribution in [1.82, 2.24) is 5.43 Å². The van der Waals surface area contributed by atoms with Crippen molar-refractivity contribution in [2.75, 3.05) is 6.61 Å². The number of nitrogens with zero attached hydrogens (tertiary/aromatic N) is 1. The lowest BCUT2D eigenvalue weighted by Crippen LogP contribution is -2.18. The molecule has 0 heterocycles. The molecule has 2 aromatic carbocycles. The molecule has 0 aliphatic carbocycles. The van der Waals surface area contributed by atoms with E-state index in [1.54, 1.807) is 12.3 Å². The molecule has 0 unspecified atom stereocenters. The predicted molar refractivity (Wildman–Crippen MR) is 107 cm³/mol. The van der Waals surface area contributed by atoms with E-state index in [-0.39, 0.29) is 5.91 Å². The van der Waals surface area contributed by atoms with Gasteiger partial charge in [-0.1, -0.05) is 49.7 Å². The molecule has 0 bridgehead atoms. The Morgan fingerprint density at radius 2 is 1.96 bits per heavy atom. The molecule has 0 saturated carbocycles. The van der Waals surface area contributed by atoms with E-state index in [1.165, 1.54) is 5.56 Å². The molecule has 4 nitrogen and oxygen atoms in total. The monoisotopic (exact) mass is 372 g/mol. The van der Waals surface area contributed by atoms with E-state index < -0.39 is 0 Å². The smallest absolute Gasteiger partial charge is 0.240 e. The first-order valence-electron chi connectivity index (χ1n) is 8.76. The Hall–Kier alpha value is -2.33. The Kier molecular flexibility index (Phi) is 7.67. The van der Waals surface area contributed by atoms with Gasteiger partial charge >= 0.3 is 0 Å². The number of halogens is 1. The molecular formula is C21H25ClN2O2. The van der Waals surface area contributed by atoms with Crippen LogP contribution in [0.15, 0.2) is 47.6 Å². The van der Waals surface area contributed by atoms with Crippen LogP contribution in [-0.2, 0) is 4.79 Å². The second kappa shape index (κ2) is 9.97. The van der Waals surface area contributed by atoms with Crippen molar-refractivity contribution in [3.05, 3.63) is 64.2 Å². The fraction of sp³-hybridized carbons (Fsp3) is 0.333. The highest BCUT2D eigenvalue weighted by Gasteiger charge is 2.03. The largest absolute Gasteiger partial charge is 0.493 e. The number of benzene rings is 2. The van der Waals surface area contributed by atoms with Gasteiger partial charge in [0.25, 0.3) is 0 Å². The van der Waals surface area contributed by atoms with E-state index in [4.69, 9.17) is 16.3 Å². The Labute approximate surface area is 160 Å². The first kappa shape index (κ1) is 20.0. The van der Waals surface area contributed by atoms with Crippen LogP contribution in [-0.4, -0.2) is 18.7 Å². The molecule has 1 amide bonds. The highest BCUT2D eigenvalue weighted by molar-refractivity contribution is 6.30. The van der Waals surface area contributed by atoms with Crippen LogP contribution in [0.2, 0.25) is 5.02 Å². The zero-order valence-electron chi connectivity index (χ0n) is 15.5. The minimum Gasteiger partial charge on any atom is -0.493 e. The minimum absolute atomic E-state index is 0.128. The zero-order chi connectivity index (χ0) is 18.9. The minimum atomic E-state index is -0.128. The molecular weight excluding hydrogens is 348 g/mol. The molecule has 0 aliphatic rings. The molecule has 0 spiro atoms. The van der Waals surface area contributed by atoms with E-state index in [0.717, 1.165) is 16.9 Å². The predicted octanol–water partition coefficient (Wildman–Crippen LogP) is 5.08. The molecule has 0 fully saturated rings. The van der Waals surface area contributed by atoms with Gasteiger partial charge in [0.2, 0.25) is 5.91 Å². The third kappa shape index (κ3) is 6.52. The van der Waals surface area contributed by atoms with Crippen molar-refractivity contribution in [2.45, 2.75) is 39.5 Å². The Balaban J connectivity index is 1.68. The lowest BCUT2D eigenvalue weighted by molar-refractivity contribution is -0.121. The summed E-state index contributed by atoms with van der Waals surface area (Å²) < 4.78 is 5.67. The normalized spacial score (nSPS) is 11.1. The Bertz CT molecular complexity index is 755. The number of carbonyl (C=O) groups excluding carboxylic acids is 1. The number of hydrogen-bond donors (Lipinski definition) is 1. The van der Waals surface area contributed by atoms with Crippen LogP contribution in [0, 0.1) is 6.92 Å². The Morgan fingerprint density at radius 3 is 2.62 bits per heavy atom. The number of carbonyl (C=O) groups is 1. The van der Waals surface area contributed by atoms with Gasteiger partial charge in [-0.2, -0.15) is 5.10 Å². The average Bonchev–Trinajstić information content (AvgIpc) is 2.60. The zero-order valence-corrected chi connectivity index (χ0v) is 16.2.